The molecule has 1 fully saturated rings. The summed E-state index contributed by atoms with van der Waals surface area (Å²) < 4.78 is 7.06. The number of aromatic nitrogens is 6. The van der Waals surface area contributed by atoms with Gasteiger partial charge in [0.2, 0.25) is 17.6 Å². The summed E-state index contributed by atoms with van der Waals surface area (Å²) in [6, 6.07) is 3.70. The van der Waals surface area contributed by atoms with Crippen LogP contribution in [-0.2, 0) is 0 Å². The molecule has 0 spiro atoms. The Morgan fingerprint density at radius 3 is 2.77 bits per heavy atom. The topological polar surface area (TPSA) is 160 Å². The first-order valence-electron chi connectivity index (χ1n) is 9.48. The third-order valence-electron chi connectivity index (χ3n) is 5.23. The van der Waals surface area contributed by atoms with Crippen LogP contribution in [-0.4, -0.2) is 41.7 Å². The molecular formula is C18H21N9O3. The highest BCUT2D eigenvalue weighted by molar-refractivity contribution is 5.64. The molecule has 0 unspecified atom stereocenters. The quantitative estimate of drug-likeness (QED) is 0.456. The predicted molar refractivity (Wildman–Crippen MR) is 107 cm³/mol. The van der Waals surface area contributed by atoms with Gasteiger partial charge in [0.15, 0.2) is 0 Å². The van der Waals surface area contributed by atoms with Gasteiger partial charge in [-0.1, -0.05) is 0 Å². The number of methoxy groups -OCH3 is 1. The second kappa shape index (κ2) is 8.27. The lowest BCUT2D eigenvalue weighted by Crippen LogP contribution is -2.20. The summed E-state index contributed by atoms with van der Waals surface area (Å²) in [6.45, 7) is 0. The van der Waals surface area contributed by atoms with Gasteiger partial charge in [0.05, 0.1) is 18.1 Å². The summed E-state index contributed by atoms with van der Waals surface area (Å²) in [4.78, 5) is 27.8. The van der Waals surface area contributed by atoms with E-state index in [4.69, 9.17) is 10.5 Å². The van der Waals surface area contributed by atoms with Crippen molar-refractivity contribution < 1.29 is 9.66 Å². The third kappa shape index (κ3) is 3.83. The molecule has 0 bridgehead atoms. The Balaban J connectivity index is 1.62. The molecule has 3 aromatic rings. The van der Waals surface area contributed by atoms with Crippen molar-refractivity contribution in [1.29, 1.82) is 0 Å². The molecule has 12 heteroatoms. The second-order valence-corrected chi connectivity index (χ2v) is 6.99. The number of nitrogen functional groups attached to an aromatic ring is 1. The van der Waals surface area contributed by atoms with Crippen LogP contribution in [0.2, 0.25) is 0 Å². The second-order valence-electron chi connectivity index (χ2n) is 6.99. The van der Waals surface area contributed by atoms with E-state index in [1.165, 1.54) is 13.4 Å². The van der Waals surface area contributed by atoms with E-state index in [1.54, 1.807) is 24.7 Å². The lowest BCUT2D eigenvalue weighted by Gasteiger charge is -2.28. The summed E-state index contributed by atoms with van der Waals surface area (Å²) >= 11 is 0. The summed E-state index contributed by atoms with van der Waals surface area (Å²) in [5.41, 5.74) is 6.60. The maximum Gasteiger partial charge on any atom is 0.332 e. The van der Waals surface area contributed by atoms with Gasteiger partial charge in [-0.05, 0) is 37.8 Å². The minimum atomic E-state index is -0.511. The number of ether oxygens (including phenoxy) is 1. The van der Waals surface area contributed by atoms with Crippen LogP contribution in [0.15, 0.2) is 31.0 Å². The molecule has 0 radical (unpaired) electrons. The molecule has 3 aromatic heterocycles. The zero-order valence-electron chi connectivity index (χ0n) is 16.3. The largest absolute Gasteiger partial charge is 0.480 e. The molecule has 0 aromatic carbocycles. The Bertz CT molecular complexity index is 1030. The monoisotopic (exact) mass is 411 g/mol. The van der Waals surface area contributed by atoms with E-state index in [1.807, 2.05) is 4.68 Å². The molecule has 4 rings (SSSR count). The molecule has 3 heterocycles. The van der Waals surface area contributed by atoms with Crippen molar-refractivity contribution >= 4 is 23.1 Å². The van der Waals surface area contributed by atoms with E-state index < -0.39 is 4.92 Å². The van der Waals surface area contributed by atoms with Gasteiger partial charge in [0.1, 0.15) is 24.0 Å². The van der Waals surface area contributed by atoms with E-state index in [0.717, 1.165) is 25.7 Å². The molecule has 3 N–H and O–H groups in total. The van der Waals surface area contributed by atoms with Crippen molar-refractivity contribution in [3.05, 3.63) is 46.8 Å². The smallest absolute Gasteiger partial charge is 0.332 e. The van der Waals surface area contributed by atoms with Crippen LogP contribution >= 0.6 is 0 Å². The Labute approximate surface area is 171 Å². The fourth-order valence-corrected chi connectivity index (χ4v) is 3.81. The first-order chi connectivity index (χ1) is 14.6. The van der Waals surface area contributed by atoms with Crippen molar-refractivity contribution in [3.8, 4) is 5.88 Å². The van der Waals surface area contributed by atoms with E-state index in [2.05, 4.69) is 30.4 Å². The van der Waals surface area contributed by atoms with Crippen LogP contribution in [0.25, 0.3) is 0 Å². The number of nitro groups is 1. The number of rotatable bonds is 6. The molecule has 1 aliphatic rings. The van der Waals surface area contributed by atoms with Crippen LogP contribution in [0.4, 0.5) is 23.1 Å². The molecular weight excluding hydrogens is 390 g/mol. The van der Waals surface area contributed by atoms with Gasteiger partial charge in [0, 0.05) is 12.1 Å². The van der Waals surface area contributed by atoms with Gasteiger partial charge in [0.25, 0.3) is 0 Å². The van der Waals surface area contributed by atoms with Crippen LogP contribution in [0, 0.1) is 10.1 Å². The molecule has 156 valence electrons. The molecule has 30 heavy (non-hydrogen) atoms. The first-order valence-corrected chi connectivity index (χ1v) is 9.48. The maximum absolute atomic E-state index is 11.7. The SMILES string of the molecule is COc1ncccc1Nc1nc(N)c([N+](=O)[O-])c(C2CCC(n3cncn3)CC2)n1. The van der Waals surface area contributed by atoms with Gasteiger partial charge in [-0.3, -0.25) is 10.1 Å². The summed E-state index contributed by atoms with van der Waals surface area (Å²) in [5, 5.41) is 18.9. The van der Waals surface area contributed by atoms with Crippen molar-refractivity contribution in [1.82, 2.24) is 29.7 Å². The van der Waals surface area contributed by atoms with Crippen molar-refractivity contribution in [3.63, 3.8) is 0 Å². The predicted octanol–water partition coefficient (Wildman–Crippen LogP) is 2.60. The number of hydrogen-bond donors (Lipinski definition) is 2. The molecule has 1 aliphatic carbocycles. The summed E-state index contributed by atoms with van der Waals surface area (Å²) in [6.07, 6.45) is 7.86. The number of hydrogen-bond acceptors (Lipinski definition) is 10. The number of pyridine rings is 1. The highest BCUT2D eigenvalue weighted by Crippen LogP contribution is 2.42. The number of nitrogens with one attached hydrogen (secondary N) is 1. The van der Waals surface area contributed by atoms with Crippen molar-refractivity contribution in [2.45, 2.75) is 37.6 Å². The van der Waals surface area contributed by atoms with Gasteiger partial charge in [-0.2, -0.15) is 10.1 Å². The Hall–Kier alpha value is -3.83. The first kappa shape index (κ1) is 19.5. The fraction of sp³-hybridized carbons (Fsp3) is 0.389. The minimum Gasteiger partial charge on any atom is -0.480 e. The highest BCUT2D eigenvalue weighted by atomic mass is 16.6. The number of anilines is 3. The minimum absolute atomic E-state index is 0.105. The van der Waals surface area contributed by atoms with Gasteiger partial charge in [-0.15, -0.1) is 0 Å². The third-order valence-corrected chi connectivity index (χ3v) is 5.23. The number of nitrogens with zero attached hydrogens (tertiary/aromatic N) is 7. The molecule has 0 amide bonds. The highest BCUT2D eigenvalue weighted by Gasteiger charge is 2.33. The maximum atomic E-state index is 11.7. The molecule has 0 saturated heterocycles. The molecule has 1 saturated carbocycles. The van der Waals surface area contributed by atoms with E-state index in [0.29, 0.717) is 17.3 Å². The Kier molecular flexibility index (Phi) is 5.37. The van der Waals surface area contributed by atoms with Crippen molar-refractivity contribution in [2.24, 2.45) is 0 Å². The lowest BCUT2D eigenvalue weighted by atomic mass is 9.83. The normalized spacial score (nSPS) is 18.7. The van der Waals surface area contributed by atoms with E-state index in [9.17, 15) is 10.1 Å². The van der Waals surface area contributed by atoms with Crippen LogP contribution in [0.1, 0.15) is 43.3 Å². The van der Waals surface area contributed by atoms with Gasteiger partial charge >= 0.3 is 5.69 Å². The zero-order valence-corrected chi connectivity index (χ0v) is 16.3. The Morgan fingerprint density at radius 2 is 2.10 bits per heavy atom. The average molecular weight is 411 g/mol. The zero-order chi connectivity index (χ0) is 21.1. The van der Waals surface area contributed by atoms with Crippen molar-refractivity contribution in [2.75, 3.05) is 18.2 Å². The molecule has 0 aliphatic heterocycles. The summed E-state index contributed by atoms with van der Waals surface area (Å²) in [5.74, 6) is 0.242. The van der Waals surface area contributed by atoms with Gasteiger partial charge in [-0.25, -0.2) is 19.6 Å². The van der Waals surface area contributed by atoms with Gasteiger partial charge < -0.3 is 15.8 Å². The number of nitrogens with two attached hydrogens (primary N) is 1. The summed E-state index contributed by atoms with van der Waals surface area (Å²) in [7, 11) is 1.50. The van der Waals surface area contributed by atoms with Crippen LogP contribution < -0.4 is 15.8 Å². The fourth-order valence-electron chi connectivity index (χ4n) is 3.81. The van der Waals surface area contributed by atoms with E-state index in [-0.39, 0.29) is 29.4 Å². The standard InChI is InChI=1S/C18H21N9O3/c1-30-17-13(3-2-8-21-17)23-18-24-14(15(27(28)29)16(19)25-18)11-4-6-12(7-5-11)26-10-20-9-22-26/h2-3,8-12H,4-7H2,1H3,(H3,19,23,24,25). The van der Waals surface area contributed by atoms with E-state index >= 15 is 0 Å². The molecule has 12 nitrogen and oxygen atoms in total. The lowest BCUT2D eigenvalue weighted by molar-refractivity contribution is -0.385. The average Bonchev–Trinajstić information content (AvgIpc) is 3.28. The molecule has 0 atom stereocenters. The van der Waals surface area contributed by atoms with Crippen LogP contribution in [0.3, 0.4) is 0 Å². The Morgan fingerprint density at radius 1 is 1.30 bits per heavy atom. The van der Waals surface area contributed by atoms with Crippen LogP contribution in [0.5, 0.6) is 5.88 Å².